The van der Waals surface area contributed by atoms with E-state index in [4.69, 9.17) is 14.2 Å². The lowest BCUT2D eigenvalue weighted by Crippen LogP contribution is -2.83. The molecule has 3 aromatic rings. The van der Waals surface area contributed by atoms with Gasteiger partial charge in [0.25, 0.3) is 0 Å². The number of fused-ring (bicyclic) bond motifs is 3. The van der Waals surface area contributed by atoms with E-state index in [-0.39, 0.29) is 6.04 Å². The van der Waals surface area contributed by atoms with E-state index in [1.54, 1.807) is 7.11 Å². The van der Waals surface area contributed by atoms with Crippen LogP contribution in [0.25, 0.3) is 5.69 Å². The van der Waals surface area contributed by atoms with Crippen LogP contribution in [0.4, 0.5) is 0 Å². The molecule has 1 atom stereocenters. The summed E-state index contributed by atoms with van der Waals surface area (Å²) < 4.78 is 19.6. The molecule has 0 saturated heterocycles. The van der Waals surface area contributed by atoms with Crippen LogP contribution in [-0.4, -0.2) is 24.9 Å². The quantitative estimate of drug-likeness (QED) is 0.714. The van der Waals surface area contributed by atoms with E-state index in [1.165, 1.54) is 16.8 Å². The lowest BCUT2D eigenvalue weighted by molar-refractivity contribution is -0.702. The minimum Gasteiger partial charge on any atom is -0.496 e. The molecule has 0 fully saturated rings. The molecule has 0 aliphatic carbocycles. The number of para-hydroxylation sites is 1. The third-order valence-corrected chi connectivity index (χ3v) is 5.15. The number of nitrogens with two attached hydrogens (primary N) is 1. The summed E-state index contributed by atoms with van der Waals surface area (Å²) >= 11 is 0. The summed E-state index contributed by atoms with van der Waals surface area (Å²) in [5.41, 5.74) is 4.75. The third-order valence-electron chi connectivity index (χ3n) is 5.15. The molecule has 5 heteroatoms. The molecular formula is C23H27N2O3+. The number of nitrogens with zero attached hydrogens (tertiary/aromatic N) is 1. The average Bonchev–Trinajstić information content (AvgIpc) is 3.14. The Morgan fingerprint density at radius 2 is 1.71 bits per heavy atom. The topological polar surface area (TPSA) is 49.2 Å². The molecule has 0 radical (unpaired) electrons. The number of hydrogen-bond donors (Lipinski definition) is 1. The molecule has 146 valence electrons. The number of rotatable bonds is 6. The Labute approximate surface area is 165 Å². The van der Waals surface area contributed by atoms with Gasteiger partial charge in [0, 0.05) is 17.8 Å². The van der Waals surface area contributed by atoms with Crippen molar-refractivity contribution in [2.45, 2.75) is 26.4 Å². The van der Waals surface area contributed by atoms with Gasteiger partial charge in [-0.2, -0.15) is 0 Å². The number of ether oxygens (including phenoxy) is 3. The van der Waals surface area contributed by atoms with Crippen molar-refractivity contribution in [2.24, 2.45) is 0 Å². The molecule has 2 heterocycles. The van der Waals surface area contributed by atoms with Gasteiger partial charge in [-0.1, -0.05) is 12.1 Å². The Hall–Kier alpha value is -2.92. The molecule has 0 saturated carbocycles. The minimum absolute atomic E-state index is 0.143. The van der Waals surface area contributed by atoms with E-state index in [2.05, 4.69) is 52.5 Å². The molecule has 0 spiro atoms. The average molecular weight is 379 g/mol. The van der Waals surface area contributed by atoms with Crippen molar-refractivity contribution >= 4 is 0 Å². The number of methoxy groups -OCH3 is 1. The predicted molar refractivity (Wildman–Crippen MR) is 109 cm³/mol. The Kier molecular flexibility index (Phi) is 5.26. The Morgan fingerprint density at radius 1 is 0.964 bits per heavy atom. The van der Waals surface area contributed by atoms with Gasteiger partial charge in [-0.25, -0.2) is 0 Å². The molecule has 1 aromatic heterocycles. The van der Waals surface area contributed by atoms with Gasteiger partial charge in [0.15, 0.2) is 17.5 Å². The second kappa shape index (κ2) is 7.98. The van der Waals surface area contributed by atoms with Gasteiger partial charge >= 0.3 is 0 Å². The first kappa shape index (κ1) is 18.4. The normalized spacial score (nSPS) is 15.3. The Bertz CT molecular complexity index is 964. The fourth-order valence-electron chi connectivity index (χ4n) is 3.96. The van der Waals surface area contributed by atoms with Gasteiger partial charge in [-0.15, -0.1) is 0 Å². The molecule has 28 heavy (non-hydrogen) atoms. The van der Waals surface area contributed by atoms with Gasteiger partial charge in [-0.05, 0) is 44.2 Å². The minimum atomic E-state index is 0.143. The van der Waals surface area contributed by atoms with E-state index >= 15 is 0 Å². The summed E-state index contributed by atoms with van der Waals surface area (Å²) in [7, 11) is 1.73. The van der Waals surface area contributed by atoms with Gasteiger partial charge in [0.1, 0.15) is 12.3 Å². The van der Waals surface area contributed by atoms with Crippen LogP contribution in [-0.2, 0) is 6.54 Å². The summed E-state index contributed by atoms with van der Waals surface area (Å²) in [5.74, 6) is 2.51. The first-order chi connectivity index (χ1) is 13.8. The number of benzene rings is 2. The summed E-state index contributed by atoms with van der Waals surface area (Å²) in [6, 6.07) is 16.9. The van der Waals surface area contributed by atoms with E-state index in [1.807, 2.05) is 26.0 Å². The fraction of sp³-hybridized carbons (Fsp3) is 0.304. The van der Waals surface area contributed by atoms with Crippen LogP contribution in [0.5, 0.6) is 17.2 Å². The van der Waals surface area contributed by atoms with E-state index < -0.39 is 0 Å². The predicted octanol–water partition coefficient (Wildman–Crippen LogP) is 3.45. The Morgan fingerprint density at radius 3 is 2.46 bits per heavy atom. The summed E-state index contributed by atoms with van der Waals surface area (Å²) in [5, 5.41) is 2.35. The van der Waals surface area contributed by atoms with Crippen LogP contribution in [0.15, 0.2) is 54.7 Å². The maximum absolute atomic E-state index is 5.87. The zero-order valence-electron chi connectivity index (χ0n) is 16.6. The molecule has 2 N–H and O–H groups in total. The van der Waals surface area contributed by atoms with Crippen molar-refractivity contribution in [3.8, 4) is 22.9 Å². The highest BCUT2D eigenvalue weighted by Gasteiger charge is 2.29. The maximum Gasteiger partial charge on any atom is 0.163 e. The zero-order chi connectivity index (χ0) is 19.5. The lowest BCUT2D eigenvalue weighted by Gasteiger charge is -2.17. The molecule has 0 bridgehead atoms. The van der Waals surface area contributed by atoms with Crippen molar-refractivity contribution < 1.29 is 19.5 Å². The maximum atomic E-state index is 5.87. The van der Waals surface area contributed by atoms with Gasteiger partial charge in [0.05, 0.1) is 37.3 Å². The summed E-state index contributed by atoms with van der Waals surface area (Å²) in [6.45, 7) is 6.05. The Balaban J connectivity index is 1.83. The summed E-state index contributed by atoms with van der Waals surface area (Å²) in [4.78, 5) is 0. The summed E-state index contributed by atoms with van der Waals surface area (Å²) in [6.07, 6.45) is 2.12. The molecule has 5 nitrogen and oxygen atoms in total. The molecule has 1 aliphatic rings. The first-order valence-electron chi connectivity index (χ1n) is 9.83. The van der Waals surface area contributed by atoms with Gasteiger partial charge < -0.3 is 24.1 Å². The van der Waals surface area contributed by atoms with E-state index in [9.17, 15) is 0 Å². The third kappa shape index (κ3) is 3.22. The van der Waals surface area contributed by atoms with E-state index in [0.29, 0.717) is 13.2 Å². The standard InChI is InChI=1S/C23H26N2O3/c1-4-27-21-13-16-15-24-23(17-9-6-7-11-20(17)26-3)18-10-8-12-25(18)19(16)14-22(21)28-5-2/h6-14,23-24H,4-5,15H2,1-3H3/p+1/t23-/m0/s1. The zero-order valence-corrected chi connectivity index (χ0v) is 16.6. The van der Waals surface area contributed by atoms with Crippen LogP contribution in [0.1, 0.15) is 36.7 Å². The van der Waals surface area contributed by atoms with Crippen LogP contribution >= 0.6 is 0 Å². The SMILES string of the molecule is CCOc1cc2c(cc1OCC)-n1cccc1[C@H](c1ccccc1OC)[NH2+]C2. The molecule has 0 unspecified atom stereocenters. The molecule has 2 aromatic carbocycles. The van der Waals surface area contributed by atoms with Crippen LogP contribution in [0, 0.1) is 0 Å². The number of aromatic nitrogens is 1. The highest BCUT2D eigenvalue weighted by atomic mass is 16.5. The van der Waals surface area contributed by atoms with Crippen LogP contribution in [0.2, 0.25) is 0 Å². The largest absolute Gasteiger partial charge is 0.496 e. The van der Waals surface area contributed by atoms with Crippen molar-refractivity contribution in [2.75, 3.05) is 20.3 Å². The molecular weight excluding hydrogens is 352 g/mol. The highest BCUT2D eigenvalue weighted by Crippen LogP contribution is 2.37. The monoisotopic (exact) mass is 379 g/mol. The second-order valence-electron chi connectivity index (χ2n) is 6.76. The highest BCUT2D eigenvalue weighted by molar-refractivity contribution is 5.56. The van der Waals surface area contributed by atoms with Crippen molar-refractivity contribution in [3.63, 3.8) is 0 Å². The van der Waals surface area contributed by atoms with Gasteiger partial charge in [0.2, 0.25) is 0 Å². The first-order valence-corrected chi connectivity index (χ1v) is 9.83. The van der Waals surface area contributed by atoms with Crippen molar-refractivity contribution in [1.29, 1.82) is 0 Å². The van der Waals surface area contributed by atoms with Gasteiger partial charge in [-0.3, -0.25) is 0 Å². The second-order valence-corrected chi connectivity index (χ2v) is 6.76. The number of quaternary nitrogens is 1. The molecule has 1 aliphatic heterocycles. The molecule has 4 rings (SSSR count). The fourth-order valence-corrected chi connectivity index (χ4v) is 3.96. The lowest BCUT2D eigenvalue weighted by atomic mass is 10.0. The number of hydrogen-bond acceptors (Lipinski definition) is 3. The van der Waals surface area contributed by atoms with Crippen molar-refractivity contribution in [1.82, 2.24) is 4.57 Å². The van der Waals surface area contributed by atoms with E-state index in [0.717, 1.165) is 29.5 Å². The smallest absolute Gasteiger partial charge is 0.163 e. The van der Waals surface area contributed by atoms with Crippen LogP contribution < -0.4 is 19.5 Å². The molecule has 0 amide bonds. The van der Waals surface area contributed by atoms with Crippen LogP contribution in [0.3, 0.4) is 0 Å². The van der Waals surface area contributed by atoms with Crippen molar-refractivity contribution in [3.05, 3.63) is 71.5 Å².